The molecule has 21 heavy (non-hydrogen) atoms. The van der Waals surface area contributed by atoms with Gasteiger partial charge in [-0.1, -0.05) is 18.2 Å². The maximum atomic E-state index is 12.9. The van der Waals surface area contributed by atoms with Gasteiger partial charge in [-0.05, 0) is 36.6 Å². The molecule has 0 amide bonds. The van der Waals surface area contributed by atoms with E-state index in [1.54, 1.807) is 12.4 Å². The van der Waals surface area contributed by atoms with Gasteiger partial charge < -0.3 is 5.32 Å². The molecule has 0 unspecified atom stereocenters. The Balaban J connectivity index is 2.12. The van der Waals surface area contributed by atoms with E-state index in [1.807, 2.05) is 18.2 Å². The summed E-state index contributed by atoms with van der Waals surface area (Å²) in [4.78, 5) is 4.32. The van der Waals surface area contributed by atoms with E-state index in [2.05, 4.69) is 10.3 Å². The van der Waals surface area contributed by atoms with Gasteiger partial charge in [-0.15, -0.1) is 0 Å². The third-order valence-corrected chi connectivity index (χ3v) is 3.44. The maximum absolute atomic E-state index is 12.9. The van der Waals surface area contributed by atoms with E-state index in [-0.39, 0.29) is 0 Å². The van der Waals surface area contributed by atoms with E-state index in [9.17, 15) is 13.2 Å². The van der Waals surface area contributed by atoms with E-state index in [1.165, 1.54) is 6.07 Å². The van der Waals surface area contributed by atoms with Crippen molar-refractivity contribution < 1.29 is 13.2 Å². The second kappa shape index (κ2) is 5.24. The third-order valence-electron chi connectivity index (χ3n) is 3.44. The Bertz CT molecular complexity index is 679. The van der Waals surface area contributed by atoms with Gasteiger partial charge in [-0.2, -0.15) is 13.2 Å². The van der Waals surface area contributed by atoms with E-state index >= 15 is 0 Å². The van der Waals surface area contributed by atoms with Crippen LogP contribution in [0.4, 0.5) is 18.9 Å². The summed E-state index contributed by atoms with van der Waals surface area (Å²) in [6, 6.07) is 3.69. The SMILES string of the molecule is FC(F)(F)c1ccc2c(c1)C(C1=CC=CCC1)=NC=CN2. The number of allylic oxidation sites excluding steroid dienone is 4. The molecule has 1 heterocycles. The summed E-state index contributed by atoms with van der Waals surface area (Å²) >= 11 is 0. The topological polar surface area (TPSA) is 24.4 Å². The number of hydrogen-bond acceptors (Lipinski definition) is 2. The first-order chi connectivity index (χ1) is 10.1. The van der Waals surface area contributed by atoms with Crippen LogP contribution in [0.1, 0.15) is 24.0 Å². The molecule has 1 aliphatic carbocycles. The lowest BCUT2D eigenvalue weighted by atomic mass is 9.93. The van der Waals surface area contributed by atoms with Crippen LogP contribution in [-0.4, -0.2) is 5.71 Å². The lowest BCUT2D eigenvalue weighted by Crippen LogP contribution is -2.11. The number of hydrogen-bond donors (Lipinski definition) is 1. The van der Waals surface area contributed by atoms with Gasteiger partial charge in [0.25, 0.3) is 0 Å². The van der Waals surface area contributed by atoms with Gasteiger partial charge in [0.1, 0.15) is 0 Å². The molecule has 0 saturated heterocycles. The Hall–Kier alpha value is -2.30. The number of alkyl halides is 3. The monoisotopic (exact) mass is 290 g/mol. The number of rotatable bonds is 1. The molecule has 3 rings (SSSR count). The van der Waals surface area contributed by atoms with Crippen molar-refractivity contribution in [1.82, 2.24) is 0 Å². The van der Waals surface area contributed by atoms with E-state index in [0.29, 0.717) is 17.0 Å². The molecule has 1 N–H and O–H groups in total. The molecule has 108 valence electrons. The standard InChI is InChI=1S/C16H13F3N2/c17-16(18,19)12-6-7-14-13(10-12)15(21-9-8-20-14)11-4-2-1-3-5-11/h1-2,4,6-10,20H,3,5H2. The number of fused-ring (bicyclic) bond motifs is 1. The molecule has 0 fully saturated rings. The summed E-state index contributed by atoms with van der Waals surface area (Å²) in [6.07, 6.45) is 6.33. The van der Waals surface area contributed by atoms with E-state index < -0.39 is 11.7 Å². The van der Waals surface area contributed by atoms with Crippen molar-refractivity contribution in [2.45, 2.75) is 19.0 Å². The van der Waals surface area contributed by atoms with E-state index in [0.717, 1.165) is 30.5 Å². The first-order valence-corrected chi connectivity index (χ1v) is 6.63. The summed E-state index contributed by atoms with van der Waals surface area (Å²) in [7, 11) is 0. The average Bonchev–Trinajstić information content (AvgIpc) is 2.69. The van der Waals surface area contributed by atoms with Crippen molar-refractivity contribution in [1.29, 1.82) is 0 Å². The molecule has 1 aromatic carbocycles. The third kappa shape index (κ3) is 2.77. The van der Waals surface area contributed by atoms with E-state index in [4.69, 9.17) is 0 Å². The van der Waals surface area contributed by atoms with Crippen molar-refractivity contribution in [2.24, 2.45) is 4.99 Å². The molecule has 2 aliphatic rings. The molecule has 0 atom stereocenters. The number of nitrogens with zero attached hydrogens (tertiary/aromatic N) is 1. The minimum atomic E-state index is -4.36. The van der Waals surface area contributed by atoms with Crippen LogP contribution in [0.2, 0.25) is 0 Å². The largest absolute Gasteiger partial charge is 0.416 e. The Kier molecular flexibility index (Phi) is 3.41. The fraction of sp³-hybridized carbons (Fsp3) is 0.188. The molecule has 0 aromatic heterocycles. The van der Waals surface area contributed by atoms with Crippen molar-refractivity contribution in [3.63, 3.8) is 0 Å². The summed E-state index contributed by atoms with van der Waals surface area (Å²) in [6.45, 7) is 0. The normalized spacial score (nSPS) is 17.5. The molecule has 5 heteroatoms. The fourth-order valence-corrected chi connectivity index (χ4v) is 2.41. The molecule has 0 saturated carbocycles. The first kappa shape index (κ1) is 13.7. The quantitative estimate of drug-likeness (QED) is 0.798. The second-order valence-electron chi connectivity index (χ2n) is 4.85. The number of anilines is 1. The second-order valence-corrected chi connectivity index (χ2v) is 4.85. The zero-order chi connectivity index (χ0) is 14.9. The van der Waals surface area contributed by atoms with Crippen LogP contribution in [0.15, 0.2) is 59.4 Å². The van der Waals surface area contributed by atoms with Gasteiger partial charge in [0.15, 0.2) is 0 Å². The highest BCUT2D eigenvalue weighted by Crippen LogP contribution is 2.34. The fourth-order valence-electron chi connectivity index (χ4n) is 2.41. The van der Waals surface area contributed by atoms with Crippen LogP contribution in [0.3, 0.4) is 0 Å². The zero-order valence-electron chi connectivity index (χ0n) is 11.1. The highest BCUT2D eigenvalue weighted by atomic mass is 19.4. The lowest BCUT2D eigenvalue weighted by molar-refractivity contribution is -0.137. The Morgan fingerprint density at radius 1 is 1.19 bits per heavy atom. The number of halogens is 3. The molecule has 0 radical (unpaired) electrons. The molecule has 2 nitrogen and oxygen atoms in total. The minimum absolute atomic E-state index is 0.483. The average molecular weight is 290 g/mol. The predicted molar refractivity (Wildman–Crippen MR) is 77.2 cm³/mol. The Morgan fingerprint density at radius 3 is 2.76 bits per heavy atom. The summed E-state index contributed by atoms with van der Waals surface area (Å²) < 4.78 is 38.8. The zero-order valence-corrected chi connectivity index (χ0v) is 11.1. The number of nitrogens with one attached hydrogen (secondary N) is 1. The van der Waals surface area contributed by atoms with Gasteiger partial charge in [0, 0.05) is 23.7 Å². The Labute approximate surface area is 120 Å². The van der Waals surface area contributed by atoms with Crippen molar-refractivity contribution in [2.75, 3.05) is 5.32 Å². The van der Waals surface area contributed by atoms with Crippen LogP contribution in [0.5, 0.6) is 0 Å². The highest BCUT2D eigenvalue weighted by molar-refractivity contribution is 6.16. The van der Waals surface area contributed by atoms with Crippen LogP contribution >= 0.6 is 0 Å². The minimum Gasteiger partial charge on any atom is -0.360 e. The van der Waals surface area contributed by atoms with Gasteiger partial charge in [0.05, 0.1) is 11.3 Å². The summed E-state index contributed by atoms with van der Waals surface area (Å²) in [5.41, 5.74) is 2.00. The van der Waals surface area contributed by atoms with Crippen LogP contribution in [0.25, 0.3) is 0 Å². The van der Waals surface area contributed by atoms with Gasteiger partial charge in [-0.3, -0.25) is 4.99 Å². The van der Waals surface area contributed by atoms with Crippen molar-refractivity contribution in [3.8, 4) is 0 Å². The maximum Gasteiger partial charge on any atom is 0.416 e. The van der Waals surface area contributed by atoms with Crippen LogP contribution in [0, 0.1) is 0 Å². The first-order valence-electron chi connectivity index (χ1n) is 6.63. The molecule has 1 aliphatic heterocycles. The molecular formula is C16H13F3N2. The molecule has 0 spiro atoms. The molecule has 1 aromatic rings. The van der Waals surface area contributed by atoms with Gasteiger partial charge in [-0.25, -0.2) is 0 Å². The van der Waals surface area contributed by atoms with Gasteiger partial charge >= 0.3 is 6.18 Å². The Morgan fingerprint density at radius 2 is 2.05 bits per heavy atom. The highest BCUT2D eigenvalue weighted by Gasteiger charge is 2.31. The predicted octanol–water partition coefficient (Wildman–Crippen LogP) is 4.67. The van der Waals surface area contributed by atoms with Crippen molar-refractivity contribution >= 4 is 11.4 Å². The molecular weight excluding hydrogens is 277 g/mol. The lowest BCUT2D eigenvalue weighted by Gasteiger charge is -2.16. The van der Waals surface area contributed by atoms with Gasteiger partial charge in [0.2, 0.25) is 0 Å². The smallest absolute Gasteiger partial charge is 0.360 e. The van der Waals surface area contributed by atoms with Crippen LogP contribution < -0.4 is 5.32 Å². The van der Waals surface area contributed by atoms with Crippen molar-refractivity contribution in [3.05, 3.63) is 65.5 Å². The summed E-state index contributed by atoms with van der Waals surface area (Å²) in [5.74, 6) is 0. The van der Waals surface area contributed by atoms with Crippen LogP contribution in [-0.2, 0) is 6.18 Å². The summed E-state index contributed by atoms with van der Waals surface area (Å²) in [5, 5.41) is 2.97. The number of aliphatic imine (C=N–C) groups is 1. The molecule has 0 bridgehead atoms. The number of benzene rings is 1.